The summed E-state index contributed by atoms with van der Waals surface area (Å²) in [5, 5.41) is 3.55. The summed E-state index contributed by atoms with van der Waals surface area (Å²) in [6.45, 7) is 0.0408. The van der Waals surface area contributed by atoms with Gasteiger partial charge >= 0.3 is 0 Å². The van der Waals surface area contributed by atoms with Gasteiger partial charge < -0.3 is 19.7 Å². The molecule has 0 aromatic heterocycles. The summed E-state index contributed by atoms with van der Waals surface area (Å²) in [6, 6.07) is 5.06. The molecule has 0 bridgehead atoms. The number of hydrogen-bond acceptors (Lipinski definition) is 4. The molecule has 0 aliphatic heterocycles. The number of halogens is 3. The topological polar surface area (TPSA) is 50.8 Å². The van der Waals surface area contributed by atoms with E-state index in [0.29, 0.717) is 16.5 Å². The summed E-state index contributed by atoms with van der Waals surface area (Å²) < 4.78 is 35.1. The Bertz CT molecular complexity index is 504. The van der Waals surface area contributed by atoms with Crippen LogP contribution in [0.15, 0.2) is 18.2 Å². The van der Waals surface area contributed by atoms with Crippen LogP contribution < -0.4 is 10.1 Å². The van der Waals surface area contributed by atoms with Gasteiger partial charge in [-0.1, -0.05) is 11.6 Å². The minimum Gasteiger partial charge on any atom is -0.495 e. The van der Waals surface area contributed by atoms with Crippen molar-refractivity contribution in [3.05, 3.63) is 23.2 Å². The Hall–Kier alpha value is -1.60. The zero-order valence-corrected chi connectivity index (χ0v) is 13.9. The molecule has 0 saturated heterocycles. The number of carbonyl (C=O) groups excluding carboxylic acids is 1. The van der Waals surface area contributed by atoms with Gasteiger partial charge in [-0.3, -0.25) is 4.79 Å². The molecule has 0 fully saturated rings. The molecule has 0 saturated carbocycles. The van der Waals surface area contributed by atoms with Gasteiger partial charge in [-0.15, -0.1) is 0 Å². The van der Waals surface area contributed by atoms with Crippen LogP contribution in [0.2, 0.25) is 5.02 Å². The van der Waals surface area contributed by atoms with Crippen molar-refractivity contribution in [3.8, 4) is 5.75 Å². The smallest absolute Gasteiger partial charge is 0.255 e. The van der Waals surface area contributed by atoms with E-state index >= 15 is 0 Å². The Labute approximate surface area is 139 Å². The number of nitrogens with one attached hydrogen (secondary N) is 1. The molecule has 0 radical (unpaired) electrons. The number of ether oxygens (including phenoxy) is 2. The van der Waals surface area contributed by atoms with E-state index in [4.69, 9.17) is 21.1 Å². The predicted octanol–water partition coefficient (Wildman–Crippen LogP) is 2.89. The molecule has 130 valence electrons. The fourth-order valence-electron chi connectivity index (χ4n) is 1.97. The van der Waals surface area contributed by atoms with E-state index in [2.05, 4.69) is 5.32 Å². The monoisotopic (exact) mass is 350 g/mol. The lowest BCUT2D eigenvalue weighted by Gasteiger charge is -2.22. The average molecular weight is 351 g/mol. The molecule has 23 heavy (non-hydrogen) atoms. The normalized spacial score (nSPS) is 10.7. The molecule has 0 aliphatic rings. The molecule has 0 atom stereocenters. The van der Waals surface area contributed by atoms with Gasteiger partial charge in [0.2, 0.25) is 5.91 Å². The van der Waals surface area contributed by atoms with Crippen molar-refractivity contribution in [1.82, 2.24) is 4.90 Å². The maximum Gasteiger partial charge on any atom is 0.255 e. The summed E-state index contributed by atoms with van der Waals surface area (Å²) in [6.07, 6.45) is -2.50. The summed E-state index contributed by atoms with van der Waals surface area (Å²) in [7, 11) is 2.98. The van der Waals surface area contributed by atoms with Crippen molar-refractivity contribution in [2.45, 2.75) is 12.8 Å². The van der Waals surface area contributed by atoms with Crippen LogP contribution in [-0.2, 0) is 9.53 Å². The third-order valence-electron chi connectivity index (χ3n) is 3.09. The molecule has 1 rings (SSSR count). The van der Waals surface area contributed by atoms with Crippen molar-refractivity contribution in [1.29, 1.82) is 0 Å². The molecule has 5 nitrogen and oxygen atoms in total. The molecule has 1 aromatic rings. The van der Waals surface area contributed by atoms with E-state index in [-0.39, 0.29) is 32.0 Å². The zero-order chi connectivity index (χ0) is 17.2. The highest BCUT2D eigenvalue weighted by molar-refractivity contribution is 6.30. The van der Waals surface area contributed by atoms with Crippen LogP contribution >= 0.6 is 11.6 Å². The predicted molar refractivity (Wildman–Crippen MR) is 85.6 cm³/mol. The number of anilines is 1. The SMILES string of the molecule is COCCN(CC(F)F)C(=O)CCNc1cc(Cl)ccc1OC. The number of hydrogen-bond donors (Lipinski definition) is 1. The van der Waals surface area contributed by atoms with Gasteiger partial charge in [0.05, 0.1) is 25.9 Å². The maximum absolute atomic E-state index is 12.5. The van der Waals surface area contributed by atoms with Crippen molar-refractivity contribution in [2.75, 3.05) is 45.8 Å². The van der Waals surface area contributed by atoms with E-state index < -0.39 is 13.0 Å². The molecule has 1 N–H and O–H groups in total. The van der Waals surface area contributed by atoms with Gasteiger partial charge in [0, 0.05) is 31.6 Å². The molecular formula is C15H21ClF2N2O3. The average Bonchev–Trinajstić information content (AvgIpc) is 2.51. The first-order valence-electron chi connectivity index (χ1n) is 7.10. The van der Waals surface area contributed by atoms with Gasteiger partial charge in [-0.25, -0.2) is 8.78 Å². The second-order valence-corrected chi connectivity index (χ2v) is 5.18. The van der Waals surface area contributed by atoms with E-state index in [1.54, 1.807) is 18.2 Å². The molecule has 0 aliphatic carbocycles. The van der Waals surface area contributed by atoms with Crippen LogP contribution in [-0.4, -0.2) is 57.7 Å². The third-order valence-corrected chi connectivity index (χ3v) is 3.33. The first kappa shape index (κ1) is 19.4. The molecule has 8 heteroatoms. The van der Waals surface area contributed by atoms with Crippen molar-refractivity contribution in [2.24, 2.45) is 0 Å². The van der Waals surface area contributed by atoms with Gasteiger partial charge in [0.15, 0.2) is 0 Å². The zero-order valence-electron chi connectivity index (χ0n) is 13.2. The molecule has 0 spiro atoms. The quantitative estimate of drug-likeness (QED) is 0.705. The Balaban J connectivity index is 2.55. The number of rotatable bonds is 10. The second kappa shape index (κ2) is 10.2. The maximum atomic E-state index is 12.5. The third kappa shape index (κ3) is 7.00. The fraction of sp³-hybridized carbons (Fsp3) is 0.533. The second-order valence-electron chi connectivity index (χ2n) is 4.75. The van der Waals surface area contributed by atoms with Crippen LogP contribution in [0.3, 0.4) is 0 Å². The Morgan fingerprint density at radius 1 is 1.39 bits per heavy atom. The van der Waals surface area contributed by atoms with Crippen LogP contribution in [0, 0.1) is 0 Å². The van der Waals surface area contributed by atoms with Gasteiger partial charge in [-0.2, -0.15) is 0 Å². The Morgan fingerprint density at radius 2 is 2.13 bits per heavy atom. The van der Waals surface area contributed by atoms with Crippen LogP contribution in [0.25, 0.3) is 0 Å². The molecule has 0 unspecified atom stereocenters. The Morgan fingerprint density at radius 3 is 2.74 bits per heavy atom. The number of alkyl halides is 2. The van der Waals surface area contributed by atoms with E-state index in [9.17, 15) is 13.6 Å². The standard InChI is InChI=1S/C15H21ClF2N2O3/c1-22-8-7-20(10-14(17)18)15(21)5-6-19-12-9-11(16)3-4-13(12)23-2/h3-4,9,14,19H,5-8,10H2,1-2H3. The minimum absolute atomic E-state index is 0.0755. The fourth-order valence-corrected chi connectivity index (χ4v) is 2.14. The number of methoxy groups -OCH3 is 2. The summed E-state index contributed by atoms with van der Waals surface area (Å²) in [5.74, 6) is 0.224. The van der Waals surface area contributed by atoms with Crippen molar-refractivity contribution < 1.29 is 23.0 Å². The van der Waals surface area contributed by atoms with Crippen LogP contribution in [0.5, 0.6) is 5.75 Å². The van der Waals surface area contributed by atoms with E-state index in [0.717, 1.165) is 4.90 Å². The molecule has 0 heterocycles. The Kier molecular flexibility index (Phi) is 8.65. The highest BCUT2D eigenvalue weighted by Gasteiger charge is 2.17. The van der Waals surface area contributed by atoms with Gasteiger partial charge in [0.1, 0.15) is 5.75 Å². The minimum atomic E-state index is -2.57. The summed E-state index contributed by atoms with van der Waals surface area (Å²) in [5.41, 5.74) is 0.644. The van der Waals surface area contributed by atoms with Gasteiger partial charge in [0.25, 0.3) is 6.43 Å². The lowest BCUT2D eigenvalue weighted by molar-refractivity contribution is -0.133. The molecular weight excluding hydrogens is 330 g/mol. The van der Waals surface area contributed by atoms with Crippen molar-refractivity contribution in [3.63, 3.8) is 0 Å². The highest BCUT2D eigenvalue weighted by Crippen LogP contribution is 2.27. The highest BCUT2D eigenvalue weighted by atomic mass is 35.5. The lowest BCUT2D eigenvalue weighted by atomic mass is 10.2. The van der Waals surface area contributed by atoms with Crippen LogP contribution in [0.1, 0.15) is 6.42 Å². The lowest BCUT2D eigenvalue weighted by Crippen LogP contribution is -2.38. The molecule has 1 amide bonds. The summed E-state index contributed by atoms with van der Waals surface area (Å²) in [4.78, 5) is 13.1. The molecule has 1 aromatic carbocycles. The first-order valence-corrected chi connectivity index (χ1v) is 7.48. The van der Waals surface area contributed by atoms with Crippen molar-refractivity contribution >= 4 is 23.2 Å². The van der Waals surface area contributed by atoms with Crippen LogP contribution in [0.4, 0.5) is 14.5 Å². The largest absolute Gasteiger partial charge is 0.495 e. The summed E-state index contributed by atoms with van der Waals surface area (Å²) >= 11 is 5.91. The van der Waals surface area contributed by atoms with E-state index in [1.807, 2.05) is 0 Å². The van der Waals surface area contributed by atoms with Gasteiger partial charge in [-0.05, 0) is 18.2 Å². The first-order chi connectivity index (χ1) is 11.0. The van der Waals surface area contributed by atoms with E-state index in [1.165, 1.54) is 14.2 Å². The number of carbonyl (C=O) groups is 1. The number of nitrogens with zero attached hydrogens (tertiary/aromatic N) is 1. The number of amides is 1. The number of benzene rings is 1.